The van der Waals surface area contributed by atoms with E-state index in [0.29, 0.717) is 37.5 Å². The molecule has 0 aromatic heterocycles. The Kier molecular flexibility index (Phi) is 8.62. The van der Waals surface area contributed by atoms with Crippen molar-refractivity contribution in [3.63, 3.8) is 0 Å². The zero-order chi connectivity index (χ0) is 25.6. The summed E-state index contributed by atoms with van der Waals surface area (Å²) in [6, 6.07) is 13.1. The van der Waals surface area contributed by atoms with Gasteiger partial charge in [0.05, 0.1) is 25.5 Å². The summed E-state index contributed by atoms with van der Waals surface area (Å²) in [6.45, 7) is 6.46. The SMILES string of the molecule is COCCN(CC(=O)N1N=C(c2ccc(F)cc2)CC1c1ccccc1OC)C(=O)CC(C)(C)C. The molecule has 2 aromatic carbocycles. The van der Waals surface area contributed by atoms with Gasteiger partial charge in [-0.1, -0.05) is 51.1 Å². The van der Waals surface area contributed by atoms with Crippen LogP contribution in [-0.4, -0.2) is 61.4 Å². The highest BCUT2D eigenvalue weighted by atomic mass is 19.1. The third kappa shape index (κ3) is 6.88. The molecule has 8 heteroatoms. The van der Waals surface area contributed by atoms with Crippen LogP contribution in [0.15, 0.2) is 53.6 Å². The molecule has 1 aliphatic rings. The Labute approximate surface area is 206 Å². The van der Waals surface area contributed by atoms with Gasteiger partial charge in [0.1, 0.15) is 18.1 Å². The highest BCUT2D eigenvalue weighted by molar-refractivity contribution is 6.03. The van der Waals surface area contributed by atoms with Crippen LogP contribution in [0.4, 0.5) is 4.39 Å². The summed E-state index contributed by atoms with van der Waals surface area (Å²) in [7, 11) is 3.14. The Morgan fingerprint density at radius 3 is 2.43 bits per heavy atom. The summed E-state index contributed by atoms with van der Waals surface area (Å²) in [5.41, 5.74) is 2.00. The van der Waals surface area contributed by atoms with E-state index in [1.54, 1.807) is 26.4 Å². The zero-order valence-electron chi connectivity index (χ0n) is 21.1. The molecule has 1 atom stereocenters. The lowest BCUT2D eigenvalue weighted by molar-refractivity contribution is -0.143. The molecule has 7 nitrogen and oxygen atoms in total. The van der Waals surface area contributed by atoms with Gasteiger partial charge in [0.25, 0.3) is 5.91 Å². The van der Waals surface area contributed by atoms with Crippen molar-refractivity contribution < 1.29 is 23.5 Å². The molecule has 0 saturated carbocycles. The maximum Gasteiger partial charge on any atom is 0.262 e. The second-order valence-corrected chi connectivity index (χ2v) is 9.80. The number of hydrogen-bond donors (Lipinski definition) is 0. The molecule has 0 radical (unpaired) electrons. The van der Waals surface area contributed by atoms with E-state index >= 15 is 0 Å². The topological polar surface area (TPSA) is 71.4 Å². The van der Waals surface area contributed by atoms with E-state index in [9.17, 15) is 14.0 Å². The molecule has 2 aromatic rings. The number of halogens is 1. The standard InChI is InChI=1S/C27H34FN3O4/c1-27(2,3)17-25(32)30(14-15-34-4)18-26(33)31-23(21-8-6-7-9-24(21)35-5)16-22(29-31)19-10-12-20(28)13-11-19/h6-13,23H,14-18H2,1-5H3. The van der Waals surface area contributed by atoms with E-state index in [1.807, 2.05) is 45.0 Å². The van der Waals surface area contributed by atoms with Crippen LogP contribution < -0.4 is 4.74 Å². The van der Waals surface area contributed by atoms with Gasteiger partial charge in [-0.3, -0.25) is 9.59 Å². The van der Waals surface area contributed by atoms with Crippen LogP contribution in [0.1, 0.15) is 50.8 Å². The van der Waals surface area contributed by atoms with Gasteiger partial charge in [-0.2, -0.15) is 5.10 Å². The molecular weight excluding hydrogens is 449 g/mol. The molecule has 0 aliphatic carbocycles. The second kappa shape index (κ2) is 11.4. The molecule has 0 bridgehead atoms. The molecule has 0 saturated heterocycles. The maximum absolute atomic E-state index is 13.6. The fourth-order valence-corrected chi connectivity index (χ4v) is 4.04. The number of carbonyl (C=O) groups is 2. The molecule has 188 valence electrons. The number of amides is 2. The van der Waals surface area contributed by atoms with Gasteiger partial charge in [-0.15, -0.1) is 0 Å². The quantitative estimate of drug-likeness (QED) is 0.529. The summed E-state index contributed by atoms with van der Waals surface area (Å²) in [5, 5.41) is 6.07. The Morgan fingerprint density at radius 2 is 1.80 bits per heavy atom. The fraction of sp³-hybridized carbons (Fsp3) is 0.444. The summed E-state index contributed by atoms with van der Waals surface area (Å²) >= 11 is 0. The molecule has 1 unspecified atom stereocenters. The van der Waals surface area contributed by atoms with E-state index in [4.69, 9.17) is 9.47 Å². The van der Waals surface area contributed by atoms with E-state index in [2.05, 4.69) is 5.10 Å². The van der Waals surface area contributed by atoms with Crippen molar-refractivity contribution in [2.24, 2.45) is 10.5 Å². The number of para-hydroxylation sites is 1. The minimum Gasteiger partial charge on any atom is -0.496 e. The number of benzene rings is 2. The van der Waals surface area contributed by atoms with Crippen molar-refractivity contribution in [2.75, 3.05) is 33.9 Å². The van der Waals surface area contributed by atoms with Crippen LogP contribution in [0.5, 0.6) is 5.75 Å². The number of hydrogen-bond acceptors (Lipinski definition) is 5. The summed E-state index contributed by atoms with van der Waals surface area (Å²) < 4.78 is 24.2. The van der Waals surface area contributed by atoms with E-state index in [1.165, 1.54) is 22.0 Å². The van der Waals surface area contributed by atoms with Gasteiger partial charge in [0, 0.05) is 32.1 Å². The normalized spacial score (nSPS) is 15.7. The molecule has 1 heterocycles. The van der Waals surface area contributed by atoms with Crippen molar-refractivity contribution >= 4 is 17.5 Å². The molecule has 3 rings (SSSR count). The van der Waals surface area contributed by atoms with Gasteiger partial charge in [-0.25, -0.2) is 9.40 Å². The number of rotatable bonds is 9. The molecule has 0 N–H and O–H groups in total. The van der Waals surface area contributed by atoms with Crippen molar-refractivity contribution in [3.05, 3.63) is 65.5 Å². The number of nitrogens with zero attached hydrogens (tertiary/aromatic N) is 3. The predicted molar refractivity (Wildman–Crippen MR) is 133 cm³/mol. The van der Waals surface area contributed by atoms with Gasteiger partial charge >= 0.3 is 0 Å². The minimum absolute atomic E-state index is 0.112. The van der Waals surface area contributed by atoms with Crippen LogP contribution >= 0.6 is 0 Å². The summed E-state index contributed by atoms with van der Waals surface area (Å²) in [6.07, 6.45) is 0.746. The van der Waals surface area contributed by atoms with Gasteiger partial charge in [-0.05, 0) is 29.2 Å². The highest BCUT2D eigenvalue weighted by Gasteiger charge is 2.36. The molecular formula is C27H34FN3O4. The Balaban J connectivity index is 1.92. The number of carbonyl (C=O) groups excluding carboxylic acids is 2. The second-order valence-electron chi connectivity index (χ2n) is 9.80. The first-order chi connectivity index (χ1) is 16.6. The Morgan fingerprint density at radius 1 is 1.11 bits per heavy atom. The maximum atomic E-state index is 13.6. The number of ether oxygens (including phenoxy) is 2. The summed E-state index contributed by atoms with van der Waals surface area (Å²) in [4.78, 5) is 28.1. The molecule has 1 aliphatic heterocycles. The molecule has 35 heavy (non-hydrogen) atoms. The number of methoxy groups -OCH3 is 2. The van der Waals surface area contributed by atoms with Crippen molar-refractivity contribution in [1.29, 1.82) is 0 Å². The number of hydrazone groups is 1. The Hall–Kier alpha value is -3.26. The molecule has 2 amide bonds. The lowest BCUT2D eigenvalue weighted by Crippen LogP contribution is -2.43. The highest BCUT2D eigenvalue weighted by Crippen LogP contribution is 2.37. The fourth-order valence-electron chi connectivity index (χ4n) is 4.04. The van der Waals surface area contributed by atoms with Crippen LogP contribution in [0.25, 0.3) is 0 Å². The van der Waals surface area contributed by atoms with Crippen LogP contribution in [0.3, 0.4) is 0 Å². The first kappa shape index (κ1) is 26.3. The van der Waals surface area contributed by atoms with E-state index < -0.39 is 6.04 Å². The van der Waals surface area contributed by atoms with E-state index in [0.717, 1.165) is 11.1 Å². The van der Waals surface area contributed by atoms with Crippen LogP contribution in [0.2, 0.25) is 0 Å². The minimum atomic E-state index is -0.416. The lowest BCUT2D eigenvalue weighted by atomic mass is 9.91. The predicted octanol–water partition coefficient (Wildman–Crippen LogP) is 4.42. The van der Waals surface area contributed by atoms with Crippen LogP contribution in [0, 0.1) is 11.2 Å². The van der Waals surface area contributed by atoms with Gasteiger partial charge in [0.2, 0.25) is 5.91 Å². The first-order valence-corrected chi connectivity index (χ1v) is 11.7. The molecule has 0 spiro atoms. The van der Waals surface area contributed by atoms with Crippen molar-refractivity contribution in [2.45, 2.75) is 39.7 Å². The van der Waals surface area contributed by atoms with Gasteiger partial charge < -0.3 is 14.4 Å². The summed E-state index contributed by atoms with van der Waals surface area (Å²) in [5.74, 6) is -0.117. The zero-order valence-corrected chi connectivity index (χ0v) is 21.1. The largest absolute Gasteiger partial charge is 0.496 e. The first-order valence-electron chi connectivity index (χ1n) is 11.7. The van der Waals surface area contributed by atoms with Gasteiger partial charge in [0.15, 0.2) is 0 Å². The van der Waals surface area contributed by atoms with E-state index in [-0.39, 0.29) is 29.6 Å². The smallest absolute Gasteiger partial charge is 0.262 e. The Bertz CT molecular complexity index is 1060. The monoisotopic (exact) mass is 483 g/mol. The molecule has 0 fully saturated rings. The average Bonchev–Trinajstić information content (AvgIpc) is 3.26. The third-order valence-electron chi connectivity index (χ3n) is 5.77. The third-order valence-corrected chi connectivity index (χ3v) is 5.77. The van der Waals surface area contributed by atoms with Crippen molar-refractivity contribution in [1.82, 2.24) is 9.91 Å². The average molecular weight is 484 g/mol. The lowest BCUT2D eigenvalue weighted by Gasteiger charge is -2.29. The van der Waals surface area contributed by atoms with Crippen LogP contribution in [-0.2, 0) is 14.3 Å². The van der Waals surface area contributed by atoms with Crippen molar-refractivity contribution in [3.8, 4) is 5.75 Å².